The van der Waals surface area contributed by atoms with E-state index < -0.39 is 0 Å². The van der Waals surface area contributed by atoms with E-state index in [1.807, 2.05) is 51.4 Å². The lowest BCUT2D eigenvalue weighted by molar-refractivity contribution is 0.101. The molecule has 0 aliphatic carbocycles. The lowest BCUT2D eigenvalue weighted by Crippen LogP contribution is -2.15. The number of ether oxygens (including phenoxy) is 1. The summed E-state index contributed by atoms with van der Waals surface area (Å²) >= 11 is 3.35. The first-order valence-electron chi connectivity index (χ1n) is 6.35. The molecule has 1 aromatic heterocycles. The lowest BCUT2D eigenvalue weighted by Gasteiger charge is -2.10. The van der Waals surface area contributed by atoms with Crippen molar-refractivity contribution in [3.05, 3.63) is 46.7 Å². The van der Waals surface area contributed by atoms with Gasteiger partial charge in [-0.25, -0.2) is 0 Å². The van der Waals surface area contributed by atoms with Gasteiger partial charge in [0.1, 0.15) is 11.4 Å². The Hall–Kier alpha value is -1.75. The number of hydrogen-bond acceptors (Lipinski definition) is 2. The van der Waals surface area contributed by atoms with E-state index in [4.69, 9.17) is 4.74 Å². The normalized spacial score (nSPS) is 10.7. The average molecular weight is 337 g/mol. The van der Waals surface area contributed by atoms with E-state index in [2.05, 4.69) is 21.2 Å². The van der Waals surface area contributed by atoms with Crippen LogP contribution in [0.25, 0.3) is 0 Å². The van der Waals surface area contributed by atoms with Crippen molar-refractivity contribution in [1.82, 2.24) is 4.57 Å². The molecule has 1 N–H and O–H groups in total. The zero-order valence-corrected chi connectivity index (χ0v) is 13.3. The number of anilines is 1. The summed E-state index contributed by atoms with van der Waals surface area (Å²) in [5.41, 5.74) is 1.34. The zero-order chi connectivity index (χ0) is 14.7. The lowest BCUT2D eigenvalue weighted by atomic mass is 10.3. The van der Waals surface area contributed by atoms with Crippen molar-refractivity contribution in [2.24, 2.45) is 7.05 Å². The summed E-state index contributed by atoms with van der Waals surface area (Å²) in [4.78, 5) is 12.1. The number of carbonyl (C=O) groups is 1. The Labute approximate surface area is 126 Å². The summed E-state index contributed by atoms with van der Waals surface area (Å²) < 4.78 is 8.21. The number of nitrogens with one attached hydrogen (secondary N) is 1. The highest BCUT2D eigenvalue weighted by Gasteiger charge is 2.11. The minimum atomic E-state index is -0.143. The van der Waals surface area contributed by atoms with Crippen LogP contribution in [-0.2, 0) is 7.05 Å². The number of halogens is 1. The summed E-state index contributed by atoms with van der Waals surface area (Å²) in [6.07, 6.45) is 1.98. The van der Waals surface area contributed by atoms with E-state index >= 15 is 0 Å². The number of benzene rings is 1. The molecule has 2 rings (SSSR count). The van der Waals surface area contributed by atoms with E-state index in [-0.39, 0.29) is 12.0 Å². The van der Waals surface area contributed by atoms with Crippen LogP contribution in [0.15, 0.2) is 41.0 Å². The third-order valence-corrected chi connectivity index (χ3v) is 3.12. The number of carbonyl (C=O) groups excluding carboxylic acids is 1. The van der Waals surface area contributed by atoms with Gasteiger partial charge in [-0.3, -0.25) is 4.79 Å². The molecule has 4 nitrogen and oxygen atoms in total. The van der Waals surface area contributed by atoms with Crippen LogP contribution in [0.4, 0.5) is 5.69 Å². The van der Waals surface area contributed by atoms with Crippen LogP contribution < -0.4 is 10.1 Å². The van der Waals surface area contributed by atoms with Crippen LogP contribution in [0.3, 0.4) is 0 Å². The molecule has 0 unspecified atom stereocenters. The standard InChI is InChI=1S/C15H17BrN2O2/c1-10(2)20-13-6-4-12(5-7-13)17-15(19)14-8-11(16)9-18(14)3/h4-10H,1-3H3,(H,17,19). The first kappa shape index (κ1) is 14.7. The van der Waals surface area contributed by atoms with Gasteiger partial charge in [0.2, 0.25) is 0 Å². The Morgan fingerprint density at radius 1 is 1.30 bits per heavy atom. The van der Waals surface area contributed by atoms with E-state index in [1.54, 1.807) is 10.6 Å². The van der Waals surface area contributed by atoms with Gasteiger partial charge < -0.3 is 14.6 Å². The molecule has 1 heterocycles. The number of aromatic nitrogens is 1. The molecule has 2 aromatic rings. The van der Waals surface area contributed by atoms with Crippen molar-refractivity contribution in [2.45, 2.75) is 20.0 Å². The predicted octanol–water partition coefficient (Wildman–Crippen LogP) is 3.83. The molecule has 0 saturated heterocycles. The maximum absolute atomic E-state index is 12.1. The number of nitrogens with zero attached hydrogens (tertiary/aromatic N) is 1. The first-order valence-corrected chi connectivity index (χ1v) is 7.15. The smallest absolute Gasteiger partial charge is 0.272 e. The Morgan fingerprint density at radius 3 is 2.45 bits per heavy atom. The second-order valence-corrected chi connectivity index (χ2v) is 5.72. The Balaban J connectivity index is 2.06. The van der Waals surface area contributed by atoms with Crippen molar-refractivity contribution in [2.75, 3.05) is 5.32 Å². The van der Waals surface area contributed by atoms with Gasteiger partial charge >= 0.3 is 0 Å². The molecule has 0 radical (unpaired) electrons. The van der Waals surface area contributed by atoms with E-state index in [9.17, 15) is 4.79 Å². The van der Waals surface area contributed by atoms with Crippen LogP contribution in [0.2, 0.25) is 0 Å². The summed E-state index contributed by atoms with van der Waals surface area (Å²) in [6.45, 7) is 3.95. The monoisotopic (exact) mass is 336 g/mol. The molecule has 0 spiro atoms. The summed E-state index contributed by atoms with van der Waals surface area (Å²) in [7, 11) is 1.83. The van der Waals surface area contributed by atoms with Crippen LogP contribution in [0.5, 0.6) is 5.75 Å². The fraction of sp³-hybridized carbons (Fsp3) is 0.267. The fourth-order valence-corrected chi connectivity index (χ4v) is 2.36. The SMILES string of the molecule is CC(C)Oc1ccc(NC(=O)c2cc(Br)cn2C)cc1. The predicted molar refractivity (Wildman–Crippen MR) is 83.3 cm³/mol. The second-order valence-electron chi connectivity index (χ2n) is 4.80. The molecular weight excluding hydrogens is 320 g/mol. The van der Waals surface area contributed by atoms with Crippen LogP contribution in [0.1, 0.15) is 24.3 Å². The quantitative estimate of drug-likeness (QED) is 0.922. The maximum Gasteiger partial charge on any atom is 0.272 e. The van der Waals surface area contributed by atoms with Gasteiger partial charge in [0.15, 0.2) is 0 Å². The van der Waals surface area contributed by atoms with E-state index in [1.165, 1.54) is 0 Å². The van der Waals surface area contributed by atoms with Gasteiger partial charge in [-0.2, -0.15) is 0 Å². The average Bonchev–Trinajstić information content (AvgIpc) is 2.70. The van der Waals surface area contributed by atoms with Crippen molar-refractivity contribution >= 4 is 27.5 Å². The Bertz CT molecular complexity index is 603. The zero-order valence-electron chi connectivity index (χ0n) is 11.7. The molecule has 0 fully saturated rings. The Kier molecular flexibility index (Phi) is 4.49. The molecular formula is C15H17BrN2O2. The molecule has 0 aliphatic heterocycles. The summed E-state index contributed by atoms with van der Waals surface area (Å²) in [5, 5.41) is 2.86. The van der Waals surface area contributed by atoms with Crippen molar-refractivity contribution in [1.29, 1.82) is 0 Å². The molecule has 5 heteroatoms. The molecule has 1 amide bonds. The van der Waals surface area contributed by atoms with Crippen molar-refractivity contribution in [3.63, 3.8) is 0 Å². The van der Waals surface area contributed by atoms with Gasteiger partial charge in [-0.1, -0.05) is 0 Å². The third kappa shape index (κ3) is 3.63. The second kappa shape index (κ2) is 6.13. The number of amides is 1. The van der Waals surface area contributed by atoms with Crippen LogP contribution >= 0.6 is 15.9 Å². The van der Waals surface area contributed by atoms with Gasteiger partial charge in [-0.15, -0.1) is 0 Å². The van der Waals surface area contributed by atoms with Crippen molar-refractivity contribution in [3.8, 4) is 5.75 Å². The minimum Gasteiger partial charge on any atom is -0.491 e. The summed E-state index contributed by atoms with van der Waals surface area (Å²) in [5.74, 6) is 0.648. The van der Waals surface area contributed by atoms with E-state index in [0.29, 0.717) is 5.69 Å². The highest BCUT2D eigenvalue weighted by Crippen LogP contribution is 2.19. The third-order valence-electron chi connectivity index (χ3n) is 2.69. The molecule has 20 heavy (non-hydrogen) atoms. The molecule has 106 valence electrons. The Morgan fingerprint density at radius 2 is 1.95 bits per heavy atom. The van der Waals surface area contributed by atoms with Crippen LogP contribution in [-0.4, -0.2) is 16.6 Å². The van der Waals surface area contributed by atoms with Gasteiger partial charge in [0.25, 0.3) is 5.91 Å². The topological polar surface area (TPSA) is 43.3 Å². The molecule has 1 aromatic carbocycles. The number of aryl methyl sites for hydroxylation is 1. The number of hydrogen-bond donors (Lipinski definition) is 1. The van der Waals surface area contributed by atoms with Gasteiger partial charge in [-0.05, 0) is 60.1 Å². The number of rotatable bonds is 4. The van der Waals surface area contributed by atoms with E-state index in [0.717, 1.165) is 15.9 Å². The van der Waals surface area contributed by atoms with Gasteiger partial charge in [0.05, 0.1) is 6.10 Å². The minimum absolute atomic E-state index is 0.135. The van der Waals surface area contributed by atoms with Crippen molar-refractivity contribution < 1.29 is 9.53 Å². The molecule has 0 saturated carbocycles. The molecule has 0 aliphatic rings. The fourth-order valence-electron chi connectivity index (χ4n) is 1.83. The highest BCUT2D eigenvalue weighted by molar-refractivity contribution is 9.10. The largest absolute Gasteiger partial charge is 0.491 e. The van der Waals surface area contributed by atoms with Crippen LogP contribution in [0, 0.1) is 0 Å². The maximum atomic E-state index is 12.1. The molecule has 0 atom stereocenters. The highest BCUT2D eigenvalue weighted by atomic mass is 79.9. The summed E-state index contributed by atoms with van der Waals surface area (Å²) in [6, 6.07) is 9.12. The molecule has 0 bridgehead atoms. The first-order chi connectivity index (χ1) is 9.45. The van der Waals surface area contributed by atoms with Gasteiger partial charge in [0, 0.05) is 23.4 Å².